The van der Waals surface area contributed by atoms with Gasteiger partial charge in [0, 0.05) is 0 Å². The van der Waals surface area contributed by atoms with Gasteiger partial charge in [-0.1, -0.05) is 25.7 Å². The molecule has 1 aliphatic carbocycles. The zero-order valence-electron chi connectivity index (χ0n) is 8.68. The van der Waals surface area contributed by atoms with Crippen molar-refractivity contribution in [2.75, 3.05) is 0 Å². The number of hydrogen-bond donors (Lipinski definition) is 1. The van der Waals surface area contributed by atoms with E-state index in [9.17, 15) is 4.79 Å². The van der Waals surface area contributed by atoms with Crippen molar-refractivity contribution in [2.45, 2.75) is 52.4 Å². The smallest absolute Gasteiger partial charge is 0.309 e. The monoisotopic (exact) mass is 184 g/mol. The van der Waals surface area contributed by atoms with Crippen molar-refractivity contribution < 1.29 is 9.90 Å². The maximum atomic E-state index is 10.8. The van der Waals surface area contributed by atoms with Crippen LogP contribution in [0.5, 0.6) is 0 Å². The van der Waals surface area contributed by atoms with E-state index in [1.54, 1.807) is 0 Å². The summed E-state index contributed by atoms with van der Waals surface area (Å²) in [6.45, 7) is 3.65. The van der Waals surface area contributed by atoms with E-state index >= 15 is 0 Å². The molecule has 0 aromatic rings. The summed E-state index contributed by atoms with van der Waals surface area (Å²) in [6, 6.07) is 0. The summed E-state index contributed by atoms with van der Waals surface area (Å²) in [7, 11) is 0. The molecule has 0 heterocycles. The predicted octanol–water partition coefficient (Wildman–Crippen LogP) is 3.07. The molecule has 0 aliphatic heterocycles. The minimum Gasteiger partial charge on any atom is -0.481 e. The van der Waals surface area contributed by atoms with Crippen molar-refractivity contribution in [3.8, 4) is 0 Å². The van der Waals surface area contributed by atoms with Gasteiger partial charge >= 0.3 is 5.97 Å². The zero-order valence-corrected chi connectivity index (χ0v) is 8.68. The fraction of sp³-hybridized carbons (Fsp3) is 0.909. The Morgan fingerprint density at radius 1 is 1.38 bits per heavy atom. The van der Waals surface area contributed by atoms with Gasteiger partial charge in [-0.05, 0) is 32.6 Å². The lowest BCUT2D eigenvalue weighted by molar-refractivity contribution is -0.147. The molecule has 0 bridgehead atoms. The SMILES string of the molecule is CC(C)(CCC1CCCC1)C(=O)O. The number of hydrogen-bond acceptors (Lipinski definition) is 1. The minimum atomic E-state index is -0.662. The molecular weight excluding hydrogens is 164 g/mol. The Morgan fingerprint density at radius 2 is 1.92 bits per heavy atom. The third-order valence-corrected chi connectivity index (χ3v) is 3.23. The van der Waals surface area contributed by atoms with Gasteiger partial charge in [-0.2, -0.15) is 0 Å². The first kappa shape index (κ1) is 10.6. The lowest BCUT2D eigenvalue weighted by Crippen LogP contribution is -2.24. The van der Waals surface area contributed by atoms with Gasteiger partial charge in [0.2, 0.25) is 0 Å². The van der Waals surface area contributed by atoms with Gasteiger partial charge in [0.05, 0.1) is 5.41 Å². The lowest BCUT2D eigenvalue weighted by Gasteiger charge is -2.20. The van der Waals surface area contributed by atoms with E-state index in [-0.39, 0.29) is 0 Å². The molecule has 2 heteroatoms. The highest BCUT2D eigenvalue weighted by Gasteiger charge is 2.28. The highest BCUT2D eigenvalue weighted by Crippen LogP contribution is 2.33. The highest BCUT2D eigenvalue weighted by molar-refractivity contribution is 5.73. The second-order valence-corrected chi connectivity index (χ2v) is 4.88. The quantitative estimate of drug-likeness (QED) is 0.729. The molecule has 1 fully saturated rings. The van der Waals surface area contributed by atoms with Gasteiger partial charge in [0.25, 0.3) is 0 Å². The lowest BCUT2D eigenvalue weighted by atomic mass is 9.84. The second-order valence-electron chi connectivity index (χ2n) is 4.88. The Labute approximate surface area is 80.3 Å². The van der Waals surface area contributed by atoms with Crippen molar-refractivity contribution in [2.24, 2.45) is 11.3 Å². The summed E-state index contributed by atoms with van der Waals surface area (Å²) in [5.41, 5.74) is -0.525. The minimum absolute atomic E-state index is 0.525. The summed E-state index contributed by atoms with van der Waals surface area (Å²) >= 11 is 0. The van der Waals surface area contributed by atoms with Crippen molar-refractivity contribution in [1.29, 1.82) is 0 Å². The third kappa shape index (κ3) is 3.02. The molecule has 2 nitrogen and oxygen atoms in total. The summed E-state index contributed by atoms with van der Waals surface area (Å²) in [5, 5.41) is 8.92. The zero-order chi connectivity index (χ0) is 9.90. The largest absolute Gasteiger partial charge is 0.481 e. The predicted molar refractivity (Wildman–Crippen MR) is 52.6 cm³/mol. The topological polar surface area (TPSA) is 37.3 Å². The summed E-state index contributed by atoms with van der Waals surface area (Å²) in [6.07, 6.45) is 7.24. The van der Waals surface area contributed by atoms with Crippen molar-refractivity contribution in [3.63, 3.8) is 0 Å². The molecule has 1 rings (SSSR count). The van der Waals surface area contributed by atoms with Crippen LogP contribution >= 0.6 is 0 Å². The fourth-order valence-electron chi connectivity index (χ4n) is 1.97. The second kappa shape index (κ2) is 4.12. The van der Waals surface area contributed by atoms with Crippen LogP contribution in [-0.2, 0) is 4.79 Å². The maximum Gasteiger partial charge on any atom is 0.309 e. The molecule has 13 heavy (non-hydrogen) atoms. The Kier molecular flexibility index (Phi) is 3.34. The van der Waals surface area contributed by atoms with E-state index in [0.29, 0.717) is 0 Å². The van der Waals surface area contributed by atoms with Gasteiger partial charge in [0.15, 0.2) is 0 Å². The molecule has 0 amide bonds. The number of rotatable bonds is 4. The molecule has 0 saturated heterocycles. The number of carbonyl (C=O) groups is 1. The van der Waals surface area contributed by atoms with Gasteiger partial charge in [-0.15, -0.1) is 0 Å². The van der Waals surface area contributed by atoms with Crippen LogP contribution in [-0.4, -0.2) is 11.1 Å². The van der Waals surface area contributed by atoms with Crippen molar-refractivity contribution >= 4 is 5.97 Å². The van der Waals surface area contributed by atoms with Crippen LogP contribution in [0, 0.1) is 11.3 Å². The van der Waals surface area contributed by atoms with Crippen LogP contribution in [0.15, 0.2) is 0 Å². The van der Waals surface area contributed by atoms with Crippen LogP contribution in [0.4, 0.5) is 0 Å². The van der Waals surface area contributed by atoms with Crippen molar-refractivity contribution in [3.05, 3.63) is 0 Å². The summed E-state index contributed by atoms with van der Waals surface area (Å²) in [5.74, 6) is 0.143. The van der Waals surface area contributed by atoms with Crippen molar-refractivity contribution in [1.82, 2.24) is 0 Å². The molecular formula is C11H20O2. The highest BCUT2D eigenvalue weighted by atomic mass is 16.4. The van der Waals surface area contributed by atoms with E-state index in [0.717, 1.165) is 18.8 Å². The molecule has 1 N–H and O–H groups in total. The van der Waals surface area contributed by atoms with E-state index in [1.807, 2.05) is 13.8 Å². The van der Waals surface area contributed by atoms with E-state index < -0.39 is 11.4 Å². The third-order valence-electron chi connectivity index (χ3n) is 3.23. The molecule has 0 aromatic carbocycles. The molecule has 0 unspecified atom stereocenters. The first-order valence-electron chi connectivity index (χ1n) is 5.26. The Morgan fingerprint density at radius 3 is 2.38 bits per heavy atom. The average molecular weight is 184 g/mol. The number of carboxylic acids is 1. The van der Waals surface area contributed by atoms with Gasteiger partial charge in [0.1, 0.15) is 0 Å². The Balaban J connectivity index is 2.28. The standard InChI is InChI=1S/C11H20O2/c1-11(2,10(12)13)8-7-9-5-3-4-6-9/h9H,3-8H2,1-2H3,(H,12,13). The first-order chi connectivity index (χ1) is 6.02. The van der Waals surface area contributed by atoms with E-state index in [1.165, 1.54) is 25.7 Å². The molecule has 1 saturated carbocycles. The normalized spacial score (nSPS) is 19.2. The van der Waals surface area contributed by atoms with Crippen LogP contribution in [0.1, 0.15) is 52.4 Å². The number of carboxylic acid groups (broad SMARTS) is 1. The number of aliphatic carboxylic acids is 1. The van der Waals surface area contributed by atoms with Gasteiger partial charge in [-0.25, -0.2) is 0 Å². The molecule has 1 aliphatic rings. The van der Waals surface area contributed by atoms with E-state index in [4.69, 9.17) is 5.11 Å². The molecule has 0 spiro atoms. The molecule has 76 valence electrons. The van der Waals surface area contributed by atoms with Crippen LogP contribution in [0.2, 0.25) is 0 Å². The van der Waals surface area contributed by atoms with Gasteiger partial charge in [-0.3, -0.25) is 4.79 Å². The first-order valence-corrected chi connectivity index (χ1v) is 5.26. The van der Waals surface area contributed by atoms with Gasteiger partial charge < -0.3 is 5.11 Å². The Bertz CT molecular complexity index is 179. The summed E-state index contributed by atoms with van der Waals surface area (Å²) < 4.78 is 0. The Hall–Kier alpha value is -0.530. The molecule has 0 radical (unpaired) electrons. The van der Waals surface area contributed by atoms with Crippen LogP contribution in [0.25, 0.3) is 0 Å². The van der Waals surface area contributed by atoms with E-state index in [2.05, 4.69) is 0 Å². The maximum absolute atomic E-state index is 10.8. The fourth-order valence-corrected chi connectivity index (χ4v) is 1.97. The van der Waals surface area contributed by atoms with Crippen LogP contribution < -0.4 is 0 Å². The molecule has 0 atom stereocenters. The average Bonchev–Trinajstić information content (AvgIpc) is 2.52. The molecule has 0 aromatic heterocycles. The van der Waals surface area contributed by atoms with Crippen LogP contribution in [0.3, 0.4) is 0 Å². The summed E-state index contributed by atoms with van der Waals surface area (Å²) in [4.78, 5) is 10.8.